The van der Waals surface area contributed by atoms with Gasteiger partial charge in [0.2, 0.25) is 0 Å². The molecule has 0 aromatic heterocycles. The molecule has 0 amide bonds. The van der Waals surface area contributed by atoms with E-state index in [1.807, 2.05) is 45.0 Å². The predicted molar refractivity (Wildman–Crippen MR) is 80.3 cm³/mol. The Morgan fingerprint density at radius 1 is 1.40 bits per heavy atom. The van der Waals surface area contributed by atoms with Crippen molar-refractivity contribution >= 4 is 6.21 Å². The van der Waals surface area contributed by atoms with Crippen molar-refractivity contribution in [2.45, 2.75) is 32.4 Å². The minimum Gasteiger partial charge on any atom is -0.497 e. The molecule has 1 aromatic rings. The van der Waals surface area contributed by atoms with Gasteiger partial charge in [0, 0.05) is 12.1 Å². The van der Waals surface area contributed by atoms with E-state index in [4.69, 9.17) is 9.57 Å². The molecule has 1 atom stereocenters. The number of β-amino-alcohol motifs (C(OH)–C–C–N with tert-alkyl or cyclic N) is 1. The second-order valence-corrected chi connectivity index (χ2v) is 5.59. The van der Waals surface area contributed by atoms with Gasteiger partial charge in [-0.25, -0.2) is 0 Å². The lowest BCUT2D eigenvalue weighted by Gasteiger charge is -2.22. The summed E-state index contributed by atoms with van der Waals surface area (Å²) in [6, 6.07) is 7.49. The molecule has 1 unspecified atom stereocenters. The minimum atomic E-state index is -0.586. The molecule has 2 N–H and O–H groups in total. The number of nitrogens with zero attached hydrogens (tertiary/aromatic N) is 1. The van der Waals surface area contributed by atoms with Gasteiger partial charge in [-0.05, 0) is 38.5 Å². The van der Waals surface area contributed by atoms with Crippen molar-refractivity contribution in [3.05, 3.63) is 29.8 Å². The maximum Gasteiger partial charge on any atom is 0.144 e. The summed E-state index contributed by atoms with van der Waals surface area (Å²) in [5, 5.41) is 16.7. The molecule has 0 aliphatic heterocycles. The normalized spacial score (nSPS) is 13.4. The molecule has 1 rings (SSSR count). The SMILES string of the molecule is COc1cccc(/C=N/OCC(O)CNC(C)(C)C)c1. The first kappa shape index (κ1) is 16.5. The zero-order chi connectivity index (χ0) is 15.0. The Balaban J connectivity index is 2.30. The monoisotopic (exact) mass is 280 g/mol. The Morgan fingerprint density at radius 2 is 2.15 bits per heavy atom. The smallest absolute Gasteiger partial charge is 0.144 e. The second kappa shape index (κ2) is 7.87. The number of oxime groups is 1. The van der Waals surface area contributed by atoms with E-state index in [0.29, 0.717) is 6.54 Å². The van der Waals surface area contributed by atoms with E-state index >= 15 is 0 Å². The lowest BCUT2D eigenvalue weighted by Crippen LogP contribution is -2.42. The summed E-state index contributed by atoms with van der Waals surface area (Å²) < 4.78 is 5.11. The Hall–Kier alpha value is -1.59. The largest absolute Gasteiger partial charge is 0.497 e. The maximum atomic E-state index is 9.71. The zero-order valence-corrected chi connectivity index (χ0v) is 12.6. The third-order valence-corrected chi connectivity index (χ3v) is 2.51. The van der Waals surface area contributed by atoms with Crippen LogP contribution in [0.25, 0.3) is 0 Å². The Morgan fingerprint density at radius 3 is 2.80 bits per heavy atom. The van der Waals surface area contributed by atoms with Crippen LogP contribution in [0.3, 0.4) is 0 Å². The van der Waals surface area contributed by atoms with Gasteiger partial charge in [0.15, 0.2) is 0 Å². The van der Waals surface area contributed by atoms with Gasteiger partial charge in [-0.15, -0.1) is 0 Å². The summed E-state index contributed by atoms with van der Waals surface area (Å²) in [7, 11) is 1.62. The van der Waals surface area contributed by atoms with E-state index in [-0.39, 0.29) is 12.1 Å². The molecule has 0 bridgehead atoms. The summed E-state index contributed by atoms with van der Waals surface area (Å²) in [5.41, 5.74) is 0.858. The van der Waals surface area contributed by atoms with Gasteiger partial charge in [-0.3, -0.25) is 0 Å². The number of nitrogens with one attached hydrogen (secondary N) is 1. The quantitative estimate of drug-likeness (QED) is 0.590. The topological polar surface area (TPSA) is 63.1 Å². The van der Waals surface area contributed by atoms with E-state index < -0.39 is 6.10 Å². The third kappa shape index (κ3) is 7.11. The molecule has 20 heavy (non-hydrogen) atoms. The first-order chi connectivity index (χ1) is 9.40. The molecule has 0 saturated heterocycles. The first-order valence-electron chi connectivity index (χ1n) is 6.63. The highest BCUT2D eigenvalue weighted by atomic mass is 16.6. The van der Waals surface area contributed by atoms with Crippen LogP contribution in [0.2, 0.25) is 0 Å². The van der Waals surface area contributed by atoms with Crippen molar-refractivity contribution in [3.63, 3.8) is 0 Å². The number of methoxy groups -OCH3 is 1. The van der Waals surface area contributed by atoms with E-state index in [2.05, 4.69) is 10.5 Å². The number of aliphatic hydroxyl groups is 1. The van der Waals surface area contributed by atoms with Crippen LogP contribution < -0.4 is 10.1 Å². The van der Waals surface area contributed by atoms with Gasteiger partial charge < -0.3 is 20.0 Å². The highest BCUT2D eigenvalue weighted by Gasteiger charge is 2.12. The second-order valence-electron chi connectivity index (χ2n) is 5.59. The van der Waals surface area contributed by atoms with Gasteiger partial charge in [0.25, 0.3) is 0 Å². The van der Waals surface area contributed by atoms with Gasteiger partial charge in [0.05, 0.1) is 13.3 Å². The molecule has 0 radical (unpaired) electrons. The van der Waals surface area contributed by atoms with E-state index in [1.54, 1.807) is 13.3 Å². The van der Waals surface area contributed by atoms with Crippen molar-refractivity contribution < 1.29 is 14.7 Å². The van der Waals surface area contributed by atoms with Gasteiger partial charge in [0.1, 0.15) is 18.5 Å². The molecule has 0 spiro atoms. The molecule has 1 aromatic carbocycles. The fraction of sp³-hybridized carbons (Fsp3) is 0.533. The summed E-state index contributed by atoms with van der Waals surface area (Å²) in [4.78, 5) is 5.08. The maximum absolute atomic E-state index is 9.71. The molecule has 5 nitrogen and oxygen atoms in total. The Labute approximate surface area is 120 Å². The number of benzene rings is 1. The number of aliphatic hydroxyl groups excluding tert-OH is 1. The van der Waals surface area contributed by atoms with E-state index in [9.17, 15) is 5.11 Å². The first-order valence-corrected chi connectivity index (χ1v) is 6.63. The number of rotatable bonds is 7. The van der Waals surface area contributed by atoms with Crippen LogP contribution in [0.5, 0.6) is 5.75 Å². The number of hydrogen-bond acceptors (Lipinski definition) is 5. The van der Waals surface area contributed by atoms with Crippen LogP contribution in [-0.2, 0) is 4.84 Å². The fourth-order valence-corrected chi connectivity index (χ4v) is 1.43. The van der Waals surface area contributed by atoms with Gasteiger partial charge in [-0.2, -0.15) is 0 Å². The highest BCUT2D eigenvalue weighted by molar-refractivity contribution is 5.79. The van der Waals surface area contributed by atoms with Crippen molar-refractivity contribution in [2.24, 2.45) is 5.16 Å². The number of hydrogen-bond donors (Lipinski definition) is 2. The highest BCUT2D eigenvalue weighted by Crippen LogP contribution is 2.10. The molecule has 0 aliphatic rings. The molecule has 0 heterocycles. The van der Waals surface area contributed by atoms with Crippen molar-refractivity contribution in [2.75, 3.05) is 20.3 Å². The minimum absolute atomic E-state index is 0.0230. The summed E-state index contributed by atoms with van der Waals surface area (Å²) in [5.74, 6) is 0.767. The van der Waals surface area contributed by atoms with Crippen molar-refractivity contribution in [3.8, 4) is 5.75 Å². The zero-order valence-electron chi connectivity index (χ0n) is 12.6. The molecule has 0 aliphatic carbocycles. The summed E-state index contributed by atoms with van der Waals surface area (Å²) in [6.45, 7) is 6.76. The van der Waals surface area contributed by atoms with Crippen molar-refractivity contribution in [1.29, 1.82) is 0 Å². The average Bonchev–Trinajstić information content (AvgIpc) is 2.41. The lowest BCUT2D eigenvalue weighted by atomic mass is 10.1. The van der Waals surface area contributed by atoms with E-state index in [0.717, 1.165) is 11.3 Å². The molecule has 112 valence electrons. The molecular weight excluding hydrogens is 256 g/mol. The van der Waals surface area contributed by atoms with Crippen LogP contribution in [0.4, 0.5) is 0 Å². The third-order valence-electron chi connectivity index (χ3n) is 2.51. The van der Waals surface area contributed by atoms with E-state index in [1.165, 1.54) is 0 Å². The van der Waals surface area contributed by atoms with Crippen LogP contribution in [0, 0.1) is 0 Å². The standard InChI is InChI=1S/C15H24N2O3/c1-15(2,3)16-10-13(18)11-20-17-9-12-6-5-7-14(8-12)19-4/h5-9,13,16,18H,10-11H2,1-4H3/b17-9+. The molecule has 0 fully saturated rings. The van der Waals surface area contributed by atoms with Crippen LogP contribution >= 0.6 is 0 Å². The van der Waals surface area contributed by atoms with Crippen molar-refractivity contribution in [1.82, 2.24) is 5.32 Å². The molecule has 5 heteroatoms. The molecule has 0 saturated carbocycles. The van der Waals surface area contributed by atoms with Crippen LogP contribution in [0.15, 0.2) is 29.4 Å². The van der Waals surface area contributed by atoms with Gasteiger partial charge in [-0.1, -0.05) is 17.3 Å². The number of ether oxygens (including phenoxy) is 1. The molecular formula is C15H24N2O3. The van der Waals surface area contributed by atoms with Crippen LogP contribution in [0.1, 0.15) is 26.3 Å². The predicted octanol–water partition coefficient (Wildman–Crippen LogP) is 1.79. The summed E-state index contributed by atoms with van der Waals surface area (Å²) in [6.07, 6.45) is 1.00. The Kier molecular flexibility index (Phi) is 6.48. The Bertz CT molecular complexity index is 427. The lowest BCUT2D eigenvalue weighted by molar-refractivity contribution is 0.0379. The summed E-state index contributed by atoms with van der Waals surface area (Å²) >= 11 is 0. The average molecular weight is 280 g/mol. The van der Waals surface area contributed by atoms with Gasteiger partial charge >= 0.3 is 0 Å². The van der Waals surface area contributed by atoms with Crippen LogP contribution in [-0.4, -0.2) is 43.2 Å². The fourth-order valence-electron chi connectivity index (χ4n) is 1.43.